The number of aromatic nitrogens is 3. The molecule has 37 heavy (non-hydrogen) atoms. The molecule has 2 heterocycles. The van der Waals surface area contributed by atoms with Crippen LogP contribution in [0, 0.1) is 0 Å². The van der Waals surface area contributed by atoms with E-state index in [9.17, 15) is 9.59 Å². The lowest BCUT2D eigenvalue weighted by Gasteiger charge is -2.37. The van der Waals surface area contributed by atoms with Gasteiger partial charge in [-0.25, -0.2) is 9.78 Å². The van der Waals surface area contributed by atoms with Gasteiger partial charge in [0.1, 0.15) is 5.82 Å². The number of nitrogens with one attached hydrogen (secondary N) is 1. The number of aromatic carboxylic acids is 1. The molecule has 1 aliphatic rings. The number of aromatic amines is 1. The standard InChI is InChI=1S/C29H21Cl2N3O3/c1-2-29(34-14-12-20(15-26(34)35)22-16-21(30)10-11-24(22)31)13-4-3-5-23(29)27-32-17-25(33-27)18-6-8-19(9-7-18)28(36)37/h2-17,23H,1H2,(H,32,33)(H,36,37)/t23?,29-/m0/s1. The number of imidazole rings is 1. The lowest BCUT2D eigenvalue weighted by molar-refractivity contribution is 0.0697. The summed E-state index contributed by atoms with van der Waals surface area (Å²) in [5, 5.41) is 10.2. The minimum Gasteiger partial charge on any atom is -0.478 e. The van der Waals surface area contributed by atoms with E-state index >= 15 is 0 Å². The minimum atomic E-state index is -0.985. The lowest BCUT2D eigenvalue weighted by atomic mass is 9.79. The van der Waals surface area contributed by atoms with Crippen LogP contribution in [-0.4, -0.2) is 25.6 Å². The van der Waals surface area contributed by atoms with Crippen molar-refractivity contribution >= 4 is 29.2 Å². The van der Waals surface area contributed by atoms with Crippen molar-refractivity contribution in [2.24, 2.45) is 0 Å². The molecule has 0 saturated heterocycles. The maximum atomic E-state index is 13.5. The molecule has 2 aromatic heterocycles. The van der Waals surface area contributed by atoms with Gasteiger partial charge >= 0.3 is 5.97 Å². The number of H-pyrrole nitrogens is 1. The number of rotatable bonds is 6. The molecule has 8 heteroatoms. The number of nitrogens with zero attached hydrogens (tertiary/aromatic N) is 2. The Morgan fingerprint density at radius 2 is 1.86 bits per heavy atom. The fourth-order valence-electron chi connectivity index (χ4n) is 4.60. The number of pyridine rings is 1. The lowest BCUT2D eigenvalue weighted by Crippen LogP contribution is -2.43. The summed E-state index contributed by atoms with van der Waals surface area (Å²) in [6.45, 7) is 4.07. The highest BCUT2D eigenvalue weighted by Gasteiger charge is 2.39. The molecule has 0 aliphatic heterocycles. The van der Waals surface area contributed by atoms with Crippen molar-refractivity contribution < 1.29 is 9.90 Å². The highest BCUT2D eigenvalue weighted by atomic mass is 35.5. The number of hydrogen-bond donors (Lipinski definition) is 2. The third-order valence-electron chi connectivity index (χ3n) is 6.51. The summed E-state index contributed by atoms with van der Waals surface area (Å²) in [6.07, 6.45) is 12.8. The highest BCUT2D eigenvalue weighted by molar-refractivity contribution is 6.35. The van der Waals surface area contributed by atoms with E-state index in [1.54, 1.807) is 65.5 Å². The number of hydrogen-bond acceptors (Lipinski definition) is 3. The summed E-state index contributed by atoms with van der Waals surface area (Å²) < 4.78 is 1.62. The summed E-state index contributed by atoms with van der Waals surface area (Å²) >= 11 is 12.5. The summed E-state index contributed by atoms with van der Waals surface area (Å²) in [5.74, 6) is -0.715. The zero-order chi connectivity index (χ0) is 26.2. The van der Waals surface area contributed by atoms with Gasteiger partial charge in [-0.05, 0) is 47.5 Å². The molecule has 0 saturated carbocycles. The molecule has 184 valence electrons. The van der Waals surface area contributed by atoms with E-state index in [2.05, 4.69) is 16.5 Å². The van der Waals surface area contributed by atoms with Crippen LogP contribution in [0.1, 0.15) is 22.1 Å². The Morgan fingerprint density at radius 3 is 2.57 bits per heavy atom. The molecule has 1 aliphatic carbocycles. The van der Waals surface area contributed by atoms with Crippen LogP contribution in [-0.2, 0) is 5.54 Å². The molecule has 2 aromatic carbocycles. The summed E-state index contributed by atoms with van der Waals surface area (Å²) in [5.41, 5.74) is 1.89. The van der Waals surface area contributed by atoms with Gasteiger partial charge in [0, 0.05) is 27.9 Å². The first-order chi connectivity index (χ1) is 17.8. The highest BCUT2D eigenvalue weighted by Crippen LogP contribution is 2.40. The Kier molecular flexibility index (Phi) is 6.46. The van der Waals surface area contributed by atoms with Crippen molar-refractivity contribution in [1.82, 2.24) is 14.5 Å². The first-order valence-electron chi connectivity index (χ1n) is 11.4. The van der Waals surface area contributed by atoms with E-state index in [0.717, 1.165) is 11.3 Å². The van der Waals surface area contributed by atoms with Crippen molar-refractivity contribution in [2.45, 2.75) is 11.5 Å². The van der Waals surface area contributed by atoms with Gasteiger partial charge in [-0.3, -0.25) is 4.79 Å². The van der Waals surface area contributed by atoms with E-state index < -0.39 is 11.5 Å². The topological polar surface area (TPSA) is 88.0 Å². The molecular weight excluding hydrogens is 509 g/mol. The normalized spacial score (nSPS) is 18.6. The number of carbonyl (C=O) groups is 1. The summed E-state index contributed by atoms with van der Waals surface area (Å²) in [7, 11) is 0. The zero-order valence-electron chi connectivity index (χ0n) is 19.4. The van der Waals surface area contributed by atoms with Crippen molar-refractivity contribution in [3.63, 3.8) is 0 Å². The molecule has 2 N–H and O–H groups in total. The van der Waals surface area contributed by atoms with E-state index in [-0.39, 0.29) is 17.0 Å². The van der Waals surface area contributed by atoms with Gasteiger partial charge < -0.3 is 14.7 Å². The van der Waals surface area contributed by atoms with Gasteiger partial charge in [0.25, 0.3) is 5.56 Å². The second kappa shape index (κ2) is 9.73. The molecule has 5 rings (SSSR count). The average Bonchev–Trinajstić information content (AvgIpc) is 3.40. The summed E-state index contributed by atoms with van der Waals surface area (Å²) in [4.78, 5) is 32.6. The van der Waals surface area contributed by atoms with Crippen LogP contribution >= 0.6 is 23.2 Å². The fourth-order valence-corrected chi connectivity index (χ4v) is 4.99. The largest absolute Gasteiger partial charge is 0.478 e. The molecule has 4 aromatic rings. The Labute approximate surface area is 222 Å². The van der Waals surface area contributed by atoms with E-state index in [0.29, 0.717) is 27.0 Å². The van der Waals surface area contributed by atoms with Gasteiger partial charge in [0.2, 0.25) is 0 Å². The van der Waals surface area contributed by atoms with Crippen LogP contribution in [0.2, 0.25) is 10.0 Å². The zero-order valence-corrected chi connectivity index (χ0v) is 20.9. The van der Waals surface area contributed by atoms with Crippen molar-refractivity contribution in [3.8, 4) is 22.4 Å². The average molecular weight is 530 g/mol. The van der Waals surface area contributed by atoms with Crippen LogP contribution < -0.4 is 5.56 Å². The molecule has 0 amide bonds. The van der Waals surface area contributed by atoms with Crippen molar-refractivity contribution in [2.75, 3.05) is 0 Å². The monoisotopic (exact) mass is 529 g/mol. The van der Waals surface area contributed by atoms with E-state index in [4.69, 9.17) is 28.3 Å². The molecule has 6 nitrogen and oxygen atoms in total. The maximum absolute atomic E-state index is 13.5. The Bertz CT molecular complexity index is 1630. The predicted octanol–water partition coefficient (Wildman–Crippen LogP) is 6.70. The van der Waals surface area contributed by atoms with Gasteiger partial charge in [-0.2, -0.15) is 0 Å². The van der Waals surface area contributed by atoms with Crippen LogP contribution in [0.3, 0.4) is 0 Å². The minimum absolute atomic E-state index is 0.205. The van der Waals surface area contributed by atoms with Crippen LogP contribution in [0.4, 0.5) is 0 Å². The predicted molar refractivity (Wildman–Crippen MR) is 146 cm³/mol. The molecule has 0 fully saturated rings. The van der Waals surface area contributed by atoms with Crippen molar-refractivity contribution in [3.05, 3.63) is 136 Å². The number of carboxylic acids is 1. The Morgan fingerprint density at radius 1 is 1.08 bits per heavy atom. The number of carboxylic acid groups (broad SMARTS) is 1. The molecular formula is C29H21Cl2N3O3. The third-order valence-corrected chi connectivity index (χ3v) is 7.08. The second-order valence-corrected chi connectivity index (χ2v) is 9.47. The summed E-state index contributed by atoms with van der Waals surface area (Å²) in [6, 6.07) is 15.0. The first kappa shape index (κ1) is 24.6. The molecule has 0 radical (unpaired) electrons. The van der Waals surface area contributed by atoms with Gasteiger partial charge in [0.15, 0.2) is 0 Å². The number of halogens is 2. The van der Waals surface area contributed by atoms with Gasteiger partial charge in [-0.1, -0.05) is 65.7 Å². The third kappa shape index (κ3) is 4.46. The van der Waals surface area contributed by atoms with E-state index in [1.807, 2.05) is 30.4 Å². The van der Waals surface area contributed by atoms with Gasteiger partial charge in [0.05, 0.1) is 28.9 Å². The second-order valence-electron chi connectivity index (χ2n) is 8.63. The van der Waals surface area contributed by atoms with Crippen LogP contribution in [0.5, 0.6) is 0 Å². The van der Waals surface area contributed by atoms with Crippen molar-refractivity contribution in [1.29, 1.82) is 0 Å². The fraction of sp³-hybridized carbons (Fsp3) is 0.0690. The van der Waals surface area contributed by atoms with Crippen LogP contribution in [0.15, 0.2) is 109 Å². The SMILES string of the molecule is C=C[C@]1(n2ccc(-c3cc(Cl)ccc3Cl)cc2=O)C=CC=CC1c1ncc(-c2ccc(C(=O)O)cc2)[nH]1. The molecule has 0 bridgehead atoms. The van der Waals surface area contributed by atoms with Crippen LogP contribution in [0.25, 0.3) is 22.4 Å². The van der Waals surface area contributed by atoms with Gasteiger partial charge in [-0.15, -0.1) is 6.58 Å². The van der Waals surface area contributed by atoms with E-state index in [1.165, 1.54) is 6.07 Å². The number of allylic oxidation sites excluding steroid dienone is 5. The Hall–Kier alpha value is -4.13. The smallest absolute Gasteiger partial charge is 0.335 e. The molecule has 2 atom stereocenters. The maximum Gasteiger partial charge on any atom is 0.335 e. The molecule has 1 unspecified atom stereocenters. The first-order valence-corrected chi connectivity index (χ1v) is 12.1. The molecule has 0 spiro atoms. The Balaban J connectivity index is 1.54. The quantitative estimate of drug-likeness (QED) is 0.272. The number of benzene rings is 2.